The predicted molar refractivity (Wildman–Crippen MR) is 103 cm³/mol. The quantitative estimate of drug-likeness (QED) is 0.822. The molecule has 2 aromatic rings. The van der Waals surface area contributed by atoms with Crippen LogP contribution in [-0.4, -0.2) is 11.8 Å². The summed E-state index contributed by atoms with van der Waals surface area (Å²) in [4.78, 5) is 13.1. The zero-order chi connectivity index (χ0) is 17.2. The predicted octanol–water partition coefficient (Wildman–Crippen LogP) is 5.09. The molecule has 0 spiro atoms. The van der Waals surface area contributed by atoms with Gasteiger partial charge in [-0.25, -0.2) is 0 Å². The number of rotatable bonds is 3. The average molecular weight is 332 g/mol. The molecule has 0 saturated heterocycles. The number of nitrogens with one attached hydrogen (secondary N) is 2. The normalized spacial score (nSPS) is 22.4. The Kier molecular flexibility index (Phi) is 4.31. The topological polar surface area (TPSA) is 41.1 Å². The first-order valence-electron chi connectivity index (χ1n) is 9.20. The van der Waals surface area contributed by atoms with E-state index in [0.29, 0.717) is 6.42 Å². The van der Waals surface area contributed by atoms with Crippen LogP contribution in [0.1, 0.15) is 44.1 Å². The maximum absolute atomic E-state index is 13.1. The van der Waals surface area contributed by atoms with Gasteiger partial charge in [-0.1, -0.05) is 55.8 Å². The molecule has 1 aliphatic carbocycles. The third kappa shape index (κ3) is 3.07. The first-order chi connectivity index (χ1) is 12.3. The first kappa shape index (κ1) is 15.9. The van der Waals surface area contributed by atoms with E-state index in [0.717, 1.165) is 41.9 Å². The lowest BCUT2D eigenvalue weighted by Crippen LogP contribution is -2.31. The molecular formula is C22H24N2O. The fourth-order valence-electron chi connectivity index (χ4n) is 4.06. The molecule has 2 aliphatic rings. The molecule has 2 atom stereocenters. The van der Waals surface area contributed by atoms with Gasteiger partial charge in [0.05, 0.1) is 17.4 Å². The monoisotopic (exact) mass is 332 g/mol. The first-order valence-corrected chi connectivity index (χ1v) is 9.20. The number of anilines is 2. The maximum Gasteiger partial charge on any atom is 0.163 e. The highest BCUT2D eigenvalue weighted by atomic mass is 16.1. The summed E-state index contributed by atoms with van der Waals surface area (Å²) in [7, 11) is 0. The lowest BCUT2D eigenvalue weighted by atomic mass is 9.79. The van der Waals surface area contributed by atoms with Crippen LogP contribution in [-0.2, 0) is 4.79 Å². The Morgan fingerprint density at radius 2 is 1.68 bits per heavy atom. The van der Waals surface area contributed by atoms with Crippen LogP contribution in [0.5, 0.6) is 0 Å². The van der Waals surface area contributed by atoms with E-state index < -0.39 is 0 Å². The second-order valence-electron chi connectivity index (χ2n) is 6.99. The number of fused-ring (bicyclic) bond motifs is 1. The molecule has 2 aromatic carbocycles. The van der Waals surface area contributed by atoms with E-state index in [2.05, 4.69) is 54.0 Å². The number of para-hydroxylation sites is 2. The van der Waals surface area contributed by atoms with Gasteiger partial charge in [0.2, 0.25) is 0 Å². The number of hydrogen-bond acceptors (Lipinski definition) is 3. The van der Waals surface area contributed by atoms with Gasteiger partial charge in [0.1, 0.15) is 0 Å². The lowest BCUT2D eigenvalue weighted by Gasteiger charge is -2.29. The molecule has 128 valence electrons. The minimum Gasteiger partial charge on any atom is -0.376 e. The van der Waals surface area contributed by atoms with E-state index in [1.807, 2.05) is 18.2 Å². The summed E-state index contributed by atoms with van der Waals surface area (Å²) >= 11 is 0. The number of benzene rings is 2. The van der Waals surface area contributed by atoms with Crippen LogP contribution in [0.2, 0.25) is 0 Å². The van der Waals surface area contributed by atoms with Crippen molar-refractivity contribution in [1.29, 1.82) is 0 Å². The molecule has 0 amide bonds. The largest absolute Gasteiger partial charge is 0.376 e. The summed E-state index contributed by atoms with van der Waals surface area (Å²) in [6, 6.07) is 18.7. The molecule has 2 N–H and O–H groups in total. The summed E-state index contributed by atoms with van der Waals surface area (Å²) in [5, 5.41) is 7.18. The Labute approximate surface area is 149 Å². The summed E-state index contributed by atoms with van der Waals surface area (Å²) in [6.45, 7) is 2.17. The van der Waals surface area contributed by atoms with Gasteiger partial charge in [-0.05, 0) is 36.5 Å². The molecule has 0 radical (unpaired) electrons. The average Bonchev–Trinajstić information content (AvgIpc) is 2.79. The van der Waals surface area contributed by atoms with Gasteiger partial charge in [-0.15, -0.1) is 0 Å². The van der Waals surface area contributed by atoms with E-state index in [4.69, 9.17) is 0 Å². The van der Waals surface area contributed by atoms with Gasteiger partial charge in [0.15, 0.2) is 5.78 Å². The molecule has 4 rings (SSSR count). The van der Waals surface area contributed by atoms with Crippen molar-refractivity contribution in [3.8, 4) is 0 Å². The van der Waals surface area contributed by atoms with E-state index in [1.165, 1.54) is 5.56 Å². The molecule has 0 aromatic heterocycles. The fraction of sp³-hybridized carbons (Fsp3) is 0.318. The molecule has 1 aliphatic heterocycles. The molecule has 3 heteroatoms. The van der Waals surface area contributed by atoms with Crippen LogP contribution in [0.15, 0.2) is 65.9 Å². The van der Waals surface area contributed by atoms with E-state index >= 15 is 0 Å². The number of hydrogen-bond donors (Lipinski definition) is 2. The molecule has 1 heterocycles. The highest BCUT2D eigenvalue weighted by Crippen LogP contribution is 2.40. The van der Waals surface area contributed by atoms with Crippen LogP contribution in [0, 0.1) is 0 Å². The lowest BCUT2D eigenvalue weighted by molar-refractivity contribution is -0.116. The Bertz CT molecular complexity index is 810. The Morgan fingerprint density at radius 1 is 0.960 bits per heavy atom. The van der Waals surface area contributed by atoms with Gasteiger partial charge in [-0.3, -0.25) is 4.79 Å². The van der Waals surface area contributed by atoms with Crippen LogP contribution in [0.25, 0.3) is 0 Å². The molecule has 0 fully saturated rings. The molecular weight excluding hydrogens is 308 g/mol. The van der Waals surface area contributed by atoms with Crippen molar-refractivity contribution in [3.05, 3.63) is 71.4 Å². The Hall–Kier alpha value is -2.55. The van der Waals surface area contributed by atoms with Gasteiger partial charge in [-0.2, -0.15) is 0 Å². The summed E-state index contributed by atoms with van der Waals surface area (Å²) in [5.41, 5.74) is 5.46. The van der Waals surface area contributed by atoms with E-state index in [-0.39, 0.29) is 17.7 Å². The van der Waals surface area contributed by atoms with Gasteiger partial charge >= 0.3 is 0 Å². The molecule has 3 nitrogen and oxygen atoms in total. The molecule has 2 unspecified atom stereocenters. The molecule has 0 bridgehead atoms. The van der Waals surface area contributed by atoms with Crippen molar-refractivity contribution in [1.82, 2.24) is 0 Å². The van der Waals surface area contributed by atoms with Crippen molar-refractivity contribution in [2.45, 2.75) is 44.6 Å². The second-order valence-corrected chi connectivity index (χ2v) is 6.99. The Morgan fingerprint density at radius 3 is 2.44 bits per heavy atom. The summed E-state index contributed by atoms with van der Waals surface area (Å²) in [6.07, 6.45) is 3.51. The minimum absolute atomic E-state index is 0.0976. The highest BCUT2D eigenvalue weighted by molar-refractivity contribution is 6.01. The summed E-state index contributed by atoms with van der Waals surface area (Å²) < 4.78 is 0. The fourth-order valence-corrected chi connectivity index (χ4v) is 4.06. The second kappa shape index (κ2) is 6.75. The van der Waals surface area contributed by atoms with Gasteiger partial charge < -0.3 is 10.6 Å². The van der Waals surface area contributed by atoms with Crippen molar-refractivity contribution in [3.63, 3.8) is 0 Å². The van der Waals surface area contributed by atoms with Gasteiger partial charge in [0, 0.05) is 17.7 Å². The van der Waals surface area contributed by atoms with E-state index in [9.17, 15) is 4.79 Å². The number of Topliss-reactive ketones (excluding diaryl/α,β-unsaturated/α-hetero) is 1. The Balaban J connectivity index is 1.73. The van der Waals surface area contributed by atoms with Crippen LogP contribution < -0.4 is 10.6 Å². The standard InChI is InChI=1S/C22H24N2O/c1-2-8-19-22-20(24-18-12-7-6-11-17(18)23-19)13-16(14-21(22)25)15-9-4-3-5-10-15/h3-7,9-12,16,19,23-24H,2,8,13-14H2,1H3. The van der Waals surface area contributed by atoms with Crippen LogP contribution in [0.4, 0.5) is 11.4 Å². The number of carbonyl (C=O) groups is 1. The number of carbonyl (C=O) groups excluding carboxylic acids is 1. The number of ketones is 1. The summed E-state index contributed by atoms with van der Waals surface area (Å²) in [5.74, 6) is 0.536. The van der Waals surface area contributed by atoms with Crippen molar-refractivity contribution in [2.24, 2.45) is 0 Å². The van der Waals surface area contributed by atoms with E-state index in [1.54, 1.807) is 0 Å². The third-order valence-electron chi connectivity index (χ3n) is 5.25. The smallest absolute Gasteiger partial charge is 0.163 e. The maximum atomic E-state index is 13.1. The SMILES string of the molecule is CCCC1Nc2ccccc2NC2=C1C(=O)CC(c1ccccc1)C2. The van der Waals surface area contributed by atoms with Crippen molar-refractivity contribution < 1.29 is 4.79 Å². The highest BCUT2D eigenvalue weighted by Gasteiger charge is 2.34. The molecule has 0 saturated carbocycles. The third-order valence-corrected chi connectivity index (χ3v) is 5.25. The number of allylic oxidation sites excluding steroid dienone is 1. The zero-order valence-electron chi connectivity index (χ0n) is 14.6. The van der Waals surface area contributed by atoms with Crippen LogP contribution in [0.3, 0.4) is 0 Å². The minimum atomic E-state index is 0.0976. The van der Waals surface area contributed by atoms with Gasteiger partial charge in [0.25, 0.3) is 0 Å². The molecule has 25 heavy (non-hydrogen) atoms. The zero-order valence-corrected chi connectivity index (χ0v) is 14.6. The van der Waals surface area contributed by atoms with Crippen molar-refractivity contribution in [2.75, 3.05) is 10.6 Å². The van der Waals surface area contributed by atoms with Crippen LogP contribution >= 0.6 is 0 Å². The van der Waals surface area contributed by atoms with Crippen molar-refractivity contribution >= 4 is 17.2 Å².